The van der Waals surface area contributed by atoms with Crippen molar-refractivity contribution < 1.29 is 9.53 Å². The number of carbonyl (C=O) groups is 1. The topological polar surface area (TPSA) is 70.6 Å². The molecular weight excluding hydrogens is 390 g/mol. The van der Waals surface area contributed by atoms with Crippen LogP contribution in [-0.4, -0.2) is 35.5 Å². The second kappa shape index (κ2) is 8.26. The zero-order valence-electron chi connectivity index (χ0n) is 17.5. The van der Waals surface area contributed by atoms with Crippen LogP contribution in [-0.2, 0) is 17.9 Å². The lowest BCUT2D eigenvalue weighted by Crippen LogP contribution is -2.49. The summed E-state index contributed by atoms with van der Waals surface area (Å²) in [6.07, 6.45) is 3.63. The van der Waals surface area contributed by atoms with E-state index in [1.165, 1.54) is 0 Å². The number of carbonyl (C=O) groups excluding carboxylic acids is 1. The van der Waals surface area contributed by atoms with Gasteiger partial charge in [-0.1, -0.05) is 42.5 Å². The van der Waals surface area contributed by atoms with Gasteiger partial charge in [0.1, 0.15) is 24.1 Å². The number of amides is 1. The summed E-state index contributed by atoms with van der Waals surface area (Å²) < 4.78 is 5.85. The van der Waals surface area contributed by atoms with Gasteiger partial charge in [0, 0.05) is 20.1 Å². The minimum absolute atomic E-state index is 0.0938. The van der Waals surface area contributed by atoms with Gasteiger partial charge in [0.05, 0.1) is 6.20 Å². The number of aromatic nitrogens is 2. The van der Waals surface area contributed by atoms with E-state index in [1.54, 1.807) is 18.1 Å². The fraction of sp³-hybridized carbons (Fsp3) is 0.292. The summed E-state index contributed by atoms with van der Waals surface area (Å²) in [6.45, 7) is 2.02. The summed E-state index contributed by atoms with van der Waals surface area (Å²) in [5.74, 6) is 2.37. The third kappa shape index (κ3) is 3.91. The van der Waals surface area contributed by atoms with Gasteiger partial charge in [0.25, 0.3) is 0 Å². The molecule has 0 saturated carbocycles. The van der Waals surface area contributed by atoms with Crippen LogP contribution in [0.15, 0.2) is 60.8 Å². The molecule has 1 saturated heterocycles. The Hall–Kier alpha value is -3.61. The van der Waals surface area contributed by atoms with E-state index in [9.17, 15) is 4.79 Å². The molecule has 1 aromatic heterocycles. The van der Waals surface area contributed by atoms with E-state index < -0.39 is 0 Å². The van der Waals surface area contributed by atoms with Gasteiger partial charge in [0.2, 0.25) is 11.9 Å². The highest BCUT2D eigenvalue weighted by molar-refractivity contribution is 6.04. The van der Waals surface area contributed by atoms with Crippen LogP contribution >= 0.6 is 0 Å². The van der Waals surface area contributed by atoms with Crippen molar-refractivity contribution in [3.63, 3.8) is 0 Å². The molecule has 5 rings (SSSR count). The first-order chi connectivity index (χ1) is 15.2. The predicted octanol–water partition coefficient (Wildman–Crippen LogP) is 3.61. The van der Waals surface area contributed by atoms with Crippen molar-refractivity contribution in [1.29, 1.82) is 0 Å². The molecular formula is C24H25N5O2. The highest BCUT2D eigenvalue weighted by atomic mass is 16.5. The SMILES string of the molecule is CN1C(=O)[C@H]2CCCN2c2nc(NCc3ccc(OCc4ccccc4)cc3)ncc21. The molecule has 7 nitrogen and oxygen atoms in total. The molecule has 0 aliphatic carbocycles. The Bertz CT molecular complexity index is 1070. The monoisotopic (exact) mass is 415 g/mol. The number of anilines is 3. The Morgan fingerprint density at radius 3 is 2.71 bits per heavy atom. The van der Waals surface area contributed by atoms with Gasteiger partial charge >= 0.3 is 0 Å². The maximum Gasteiger partial charge on any atom is 0.249 e. The molecule has 2 aliphatic rings. The Labute approximate surface area is 181 Å². The number of hydrogen-bond donors (Lipinski definition) is 1. The van der Waals surface area contributed by atoms with Gasteiger partial charge in [-0.2, -0.15) is 4.98 Å². The second-order valence-electron chi connectivity index (χ2n) is 7.92. The van der Waals surface area contributed by atoms with E-state index in [-0.39, 0.29) is 11.9 Å². The summed E-state index contributed by atoms with van der Waals surface area (Å²) in [5.41, 5.74) is 3.03. The zero-order valence-corrected chi connectivity index (χ0v) is 17.5. The van der Waals surface area contributed by atoms with Gasteiger partial charge in [-0.25, -0.2) is 4.98 Å². The number of ether oxygens (including phenoxy) is 1. The quantitative estimate of drug-likeness (QED) is 0.663. The van der Waals surface area contributed by atoms with Crippen LogP contribution in [0.5, 0.6) is 5.75 Å². The van der Waals surface area contributed by atoms with E-state index in [4.69, 9.17) is 9.72 Å². The summed E-state index contributed by atoms with van der Waals surface area (Å²) in [7, 11) is 1.80. The van der Waals surface area contributed by atoms with Crippen LogP contribution in [0.3, 0.4) is 0 Å². The lowest BCUT2D eigenvalue weighted by atomic mass is 10.1. The van der Waals surface area contributed by atoms with E-state index in [1.807, 2.05) is 42.5 Å². The molecule has 0 unspecified atom stereocenters. The van der Waals surface area contributed by atoms with Crippen LogP contribution in [0.4, 0.5) is 17.5 Å². The van der Waals surface area contributed by atoms with Crippen molar-refractivity contribution in [2.75, 3.05) is 28.7 Å². The zero-order chi connectivity index (χ0) is 21.2. The average Bonchev–Trinajstić information content (AvgIpc) is 3.31. The van der Waals surface area contributed by atoms with Crippen LogP contribution in [0.2, 0.25) is 0 Å². The maximum atomic E-state index is 12.5. The largest absolute Gasteiger partial charge is 0.489 e. The Morgan fingerprint density at radius 1 is 1.10 bits per heavy atom. The number of nitrogens with zero attached hydrogens (tertiary/aromatic N) is 4. The van der Waals surface area contributed by atoms with Gasteiger partial charge < -0.3 is 19.9 Å². The molecule has 3 heterocycles. The van der Waals surface area contributed by atoms with Crippen molar-refractivity contribution in [1.82, 2.24) is 9.97 Å². The van der Waals surface area contributed by atoms with Crippen LogP contribution in [0.1, 0.15) is 24.0 Å². The van der Waals surface area contributed by atoms with E-state index in [2.05, 4.69) is 27.3 Å². The molecule has 2 aromatic carbocycles. The third-order valence-corrected chi connectivity index (χ3v) is 5.87. The normalized spacial score (nSPS) is 17.3. The molecule has 158 valence electrons. The first-order valence-corrected chi connectivity index (χ1v) is 10.6. The maximum absolute atomic E-state index is 12.5. The fourth-order valence-corrected chi connectivity index (χ4v) is 4.14. The molecule has 1 fully saturated rings. The van der Waals surface area contributed by atoms with E-state index in [0.717, 1.165) is 47.8 Å². The average molecular weight is 415 g/mol. The summed E-state index contributed by atoms with van der Waals surface area (Å²) in [6, 6.07) is 18.0. The summed E-state index contributed by atoms with van der Waals surface area (Å²) in [5, 5.41) is 3.30. The minimum Gasteiger partial charge on any atom is -0.489 e. The lowest BCUT2D eigenvalue weighted by Gasteiger charge is -2.36. The number of benzene rings is 2. The minimum atomic E-state index is -0.0938. The smallest absolute Gasteiger partial charge is 0.249 e. The van der Waals surface area contributed by atoms with Crippen molar-refractivity contribution in [3.05, 3.63) is 71.9 Å². The van der Waals surface area contributed by atoms with Crippen LogP contribution < -0.4 is 19.9 Å². The number of rotatable bonds is 6. The molecule has 0 radical (unpaired) electrons. The first-order valence-electron chi connectivity index (χ1n) is 10.6. The van der Waals surface area contributed by atoms with Crippen molar-refractivity contribution in [3.8, 4) is 5.75 Å². The molecule has 3 aromatic rings. The summed E-state index contributed by atoms with van der Waals surface area (Å²) in [4.78, 5) is 25.5. The summed E-state index contributed by atoms with van der Waals surface area (Å²) >= 11 is 0. The molecule has 1 N–H and O–H groups in total. The van der Waals surface area contributed by atoms with Gasteiger partial charge in [0.15, 0.2) is 5.82 Å². The second-order valence-corrected chi connectivity index (χ2v) is 7.92. The number of hydrogen-bond acceptors (Lipinski definition) is 6. The molecule has 7 heteroatoms. The molecule has 1 amide bonds. The lowest BCUT2D eigenvalue weighted by molar-refractivity contribution is -0.119. The van der Waals surface area contributed by atoms with E-state index >= 15 is 0 Å². The highest BCUT2D eigenvalue weighted by Crippen LogP contribution is 2.37. The molecule has 31 heavy (non-hydrogen) atoms. The molecule has 0 spiro atoms. The molecule has 1 atom stereocenters. The van der Waals surface area contributed by atoms with Crippen molar-refractivity contribution in [2.24, 2.45) is 0 Å². The number of fused-ring (bicyclic) bond motifs is 3. The number of likely N-dealkylation sites (N-methyl/N-ethyl adjacent to an activating group) is 1. The fourth-order valence-electron chi connectivity index (χ4n) is 4.14. The van der Waals surface area contributed by atoms with Crippen LogP contribution in [0.25, 0.3) is 0 Å². The van der Waals surface area contributed by atoms with Gasteiger partial charge in [-0.3, -0.25) is 4.79 Å². The van der Waals surface area contributed by atoms with E-state index in [0.29, 0.717) is 19.1 Å². The predicted molar refractivity (Wildman–Crippen MR) is 120 cm³/mol. The van der Waals surface area contributed by atoms with Gasteiger partial charge in [-0.15, -0.1) is 0 Å². The molecule has 0 bridgehead atoms. The standard InChI is InChI=1S/C24H25N5O2/c1-28-21-15-26-24(27-22(21)29-13-5-8-20(29)23(28)30)25-14-17-9-11-19(12-10-17)31-16-18-6-3-2-4-7-18/h2-4,6-7,9-12,15,20H,5,8,13-14,16H2,1H3,(H,25,26,27)/t20-/m1/s1. The third-order valence-electron chi connectivity index (χ3n) is 5.87. The van der Waals surface area contributed by atoms with Crippen molar-refractivity contribution >= 4 is 23.4 Å². The first kappa shape index (κ1) is 19.4. The number of nitrogens with one attached hydrogen (secondary N) is 1. The molecule has 2 aliphatic heterocycles. The Balaban J connectivity index is 1.22. The van der Waals surface area contributed by atoms with Crippen molar-refractivity contribution in [2.45, 2.75) is 32.0 Å². The highest BCUT2D eigenvalue weighted by Gasteiger charge is 2.40. The Morgan fingerprint density at radius 2 is 1.90 bits per heavy atom. The Kier molecular flexibility index (Phi) is 5.16. The van der Waals surface area contributed by atoms with Crippen LogP contribution in [0, 0.1) is 0 Å². The van der Waals surface area contributed by atoms with Gasteiger partial charge in [-0.05, 0) is 36.1 Å².